The van der Waals surface area contributed by atoms with Crippen LogP contribution in [0.25, 0.3) is 11.0 Å². The first kappa shape index (κ1) is 18.9. The molecule has 1 unspecified atom stereocenters. The molecule has 0 spiro atoms. The van der Waals surface area contributed by atoms with Crippen LogP contribution in [-0.4, -0.2) is 51.1 Å². The van der Waals surface area contributed by atoms with Crippen molar-refractivity contribution < 1.29 is 9.53 Å². The SMILES string of the molecule is CC(C)Cn1c(=O)[nH]c(=O)c2c(C(=O)N3CCOCC3C)cc(C3CC3)nc21. The molecule has 8 heteroatoms. The summed E-state index contributed by atoms with van der Waals surface area (Å²) in [7, 11) is 0. The molecule has 1 amide bonds. The van der Waals surface area contributed by atoms with Crippen molar-refractivity contribution in [3.05, 3.63) is 38.2 Å². The van der Waals surface area contributed by atoms with E-state index in [2.05, 4.69) is 9.97 Å². The molecule has 8 nitrogen and oxygen atoms in total. The van der Waals surface area contributed by atoms with Crippen LogP contribution >= 0.6 is 0 Å². The van der Waals surface area contributed by atoms with E-state index in [1.807, 2.05) is 20.8 Å². The van der Waals surface area contributed by atoms with Gasteiger partial charge < -0.3 is 9.64 Å². The summed E-state index contributed by atoms with van der Waals surface area (Å²) in [4.78, 5) is 47.4. The van der Waals surface area contributed by atoms with Crippen molar-refractivity contribution >= 4 is 16.9 Å². The second-order valence-electron chi connectivity index (χ2n) is 8.25. The molecule has 1 saturated heterocycles. The van der Waals surface area contributed by atoms with Crippen molar-refractivity contribution in [2.45, 2.75) is 52.1 Å². The van der Waals surface area contributed by atoms with Crippen molar-refractivity contribution in [1.29, 1.82) is 0 Å². The summed E-state index contributed by atoms with van der Waals surface area (Å²) in [5, 5.41) is 0.202. The van der Waals surface area contributed by atoms with E-state index < -0.39 is 11.2 Å². The Balaban J connectivity index is 1.95. The molecule has 28 heavy (non-hydrogen) atoms. The molecule has 1 N–H and O–H groups in total. The minimum Gasteiger partial charge on any atom is -0.377 e. The van der Waals surface area contributed by atoms with Gasteiger partial charge in [0.1, 0.15) is 0 Å². The third kappa shape index (κ3) is 3.37. The molecule has 0 radical (unpaired) electrons. The number of morpholine rings is 1. The number of hydrogen-bond donors (Lipinski definition) is 1. The average Bonchev–Trinajstić information content (AvgIpc) is 3.49. The van der Waals surface area contributed by atoms with E-state index in [0.29, 0.717) is 43.4 Å². The Morgan fingerprint density at radius 1 is 1.36 bits per heavy atom. The van der Waals surface area contributed by atoms with E-state index in [0.717, 1.165) is 18.5 Å². The minimum atomic E-state index is -0.556. The molecule has 0 bridgehead atoms. The lowest BCUT2D eigenvalue weighted by atomic mass is 10.1. The highest BCUT2D eigenvalue weighted by Crippen LogP contribution is 2.40. The molecule has 1 aliphatic heterocycles. The van der Waals surface area contributed by atoms with Crippen LogP contribution in [0.5, 0.6) is 0 Å². The number of nitrogens with one attached hydrogen (secondary N) is 1. The number of nitrogens with zero attached hydrogens (tertiary/aromatic N) is 3. The summed E-state index contributed by atoms with van der Waals surface area (Å²) in [6, 6.07) is 1.68. The summed E-state index contributed by atoms with van der Waals surface area (Å²) < 4.78 is 6.93. The van der Waals surface area contributed by atoms with Crippen LogP contribution in [0.2, 0.25) is 0 Å². The first-order chi connectivity index (χ1) is 13.4. The Bertz CT molecular complexity index is 1030. The summed E-state index contributed by atoms with van der Waals surface area (Å²) in [6.45, 7) is 7.77. The van der Waals surface area contributed by atoms with E-state index in [1.165, 1.54) is 4.57 Å². The predicted molar refractivity (Wildman–Crippen MR) is 105 cm³/mol. The monoisotopic (exact) mass is 386 g/mol. The maximum Gasteiger partial charge on any atom is 0.330 e. The average molecular weight is 386 g/mol. The van der Waals surface area contributed by atoms with Crippen LogP contribution in [-0.2, 0) is 11.3 Å². The van der Waals surface area contributed by atoms with Gasteiger partial charge in [-0.25, -0.2) is 9.78 Å². The maximum absolute atomic E-state index is 13.4. The van der Waals surface area contributed by atoms with E-state index in [1.54, 1.807) is 11.0 Å². The Labute approximate surface area is 162 Å². The van der Waals surface area contributed by atoms with Crippen LogP contribution in [0.1, 0.15) is 55.6 Å². The van der Waals surface area contributed by atoms with Crippen LogP contribution in [0.4, 0.5) is 0 Å². The minimum absolute atomic E-state index is 0.0745. The number of amides is 1. The zero-order chi connectivity index (χ0) is 20.0. The van der Waals surface area contributed by atoms with Gasteiger partial charge in [-0.05, 0) is 31.7 Å². The molecule has 1 saturated carbocycles. The Kier molecular flexibility index (Phi) is 4.82. The van der Waals surface area contributed by atoms with Crippen LogP contribution in [0.15, 0.2) is 15.7 Å². The topological polar surface area (TPSA) is 97.3 Å². The number of pyridine rings is 1. The number of H-pyrrole nitrogens is 1. The fraction of sp³-hybridized carbons (Fsp3) is 0.600. The summed E-state index contributed by atoms with van der Waals surface area (Å²) in [6.07, 6.45) is 2.02. The Morgan fingerprint density at radius 2 is 2.11 bits per heavy atom. The van der Waals surface area contributed by atoms with Crippen LogP contribution < -0.4 is 11.2 Å². The zero-order valence-corrected chi connectivity index (χ0v) is 16.5. The van der Waals surface area contributed by atoms with Gasteiger partial charge in [-0.1, -0.05) is 13.8 Å². The zero-order valence-electron chi connectivity index (χ0n) is 16.5. The molecule has 2 aromatic heterocycles. The molecular weight excluding hydrogens is 360 g/mol. The summed E-state index contributed by atoms with van der Waals surface area (Å²) in [5.74, 6) is 0.280. The van der Waals surface area contributed by atoms with Crippen LogP contribution in [0, 0.1) is 5.92 Å². The largest absolute Gasteiger partial charge is 0.377 e. The smallest absolute Gasteiger partial charge is 0.330 e. The quantitative estimate of drug-likeness (QED) is 0.858. The number of carbonyl (C=O) groups excluding carboxylic acids is 1. The third-order valence-electron chi connectivity index (χ3n) is 5.37. The van der Waals surface area contributed by atoms with Crippen LogP contribution in [0.3, 0.4) is 0 Å². The van der Waals surface area contributed by atoms with Gasteiger partial charge in [0.2, 0.25) is 0 Å². The first-order valence-corrected chi connectivity index (χ1v) is 9.93. The molecule has 2 fully saturated rings. The van der Waals surface area contributed by atoms with Crippen molar-refractivity contribution in [3.63, 3.8) is 0 Å². The molecule has 2 aromatic rings. The van der Waals surface area contributed by atoms with Crippen molar-refractivity contribution in [1.82, 2.24) is 19.4 Å². The van der Waals surface area contributed by atoms with E-state index in [-0.39, 0.29) is 23.3 Å². The van der Waals surface area contributed by atoms with E-state index >= 15 is 0 Å². The molecule has 1 aliphatic carbocycles. The van der Waals surface area contributed by atoms with Gasteiger partial charge in [-0.2, -0.15) is 0 Å². The molecular formula is C20H26N4O4. The number of rotatable bonds is 4. The lowest BCUT2D eigenvalue weighted by molar-refractivity contribution is 0.00369. The fourth-order valence-corrected chi connectivity index (χ4v) is 3.77. The van der Waals surface area contributed by atoms with Gasteiger partial charge in [0.05, 0.1) is 30.2 Å². The molecule has 2 aliphatic rings. The van der Waals surface area contributed by atoms with E-state index in [4.69, 9.17) is 4.74 Å². The van der Waals surface area contributed by atoms with Gasteiger partial charge in [-0.3, -0.25) is 19.1 Å². The van der Waals surface area contributed by atoms with Gasteiger partial charge in [0, 0.05) is 24.7 Å². The number of ether oxygens (including phenoxy) is 1. The molecule has 0 aromatic carbocycles. The highest BCUT2D eigenvalue weighted by atomic mass is 16.5. The fourth-order valence-electron chi connectivity index (χ4n) is 3.77. The lowest BCUT2D eigenvalue weighted by Gasteiger charge is -2.33. The highest BCUT2D eigenvalue weighted by Gasteiger charge is 2.32. The van der Waals surface area contributed by atoms with E-state index in [9.17, 15) is 14.4 Å². The molecule has 4 rings (SSSR count). The number of fused-ring (bicyclic) bond motifs is 1. The second kappa shape index (κ2) is 7.16. The normalized spacial score (nSPS) is 20.1. The van der Waals surface area contributed by atoms with Crippen molar-refractivity contribution in [2.75, 3.05) is 19.8 Å². The molecule has 150 valence electrons. The van der Waals surface area contributed by atoms with Crippen molar-refractivity contribution in [2.24, 2.45) is 5.92 Å². The second-order valence-corrected chi connectivity index (χ2v) is 8.25. The van der Waals surface area contributed by atoms with Gasteiger partial charge >= 0.3 is 5.69 Å². The van der Waals surface area contributed by atoms with Gasteiger partial charge in [-0.15, -0.1) is 0 Å². The number of aromatic amines is 1. The summed E-state index contributed by atoms with van der Waals surface area (Å²) in [5.41, 5.74) is 0.402. The Morgan fingerprint density at radius 3 is 2.75 bits per heavy atom. The number of aromatic nitrogens is 3. The standard InChI is InChI=1S/C20H26N4O4/c1-11(2)9-24-17-16(18(25)22-20(24)27)14(8-15(21-17)13-4-5-13)19(26)23-6-7-28-10-12(23)3/h8,11-13H,4-7,9-10H2,1-3H3,(H,22,25,27). The number of carbonyl (C=O) groups is 1. The van der Waals surface area contributed by atoms with Crippen molar-refractivity contribution in [3.8, 4) is 0 Å². The maximum atomic E-state index is 13.4. The predicted octanol–water partition coefficient (Wildman–Crippen LogP) is 1.48. The molecule has 3 heterocycles. The first-order valence-electron chi connectivity index (χ1n) is 9.93. The lowest BCUT2D eigenvalue weighted by Crippen LogP contribution is -2.47. The number of hydrogen-bond acceptors (Lipinski definition) is 5. The van der Waals surface area contributed by atoms with Gasteiger partial charge in [0.15, 0.2) is 5.65 Å². The third-order valence-corrected chi connectivity index (χ3v) is 5.37. The highest BCUT2D eigenvalue weighted by molar-refractivity contribution is 6.05. The Hall–Kier alpha value is -2.48. The molecule has 1 atom stereocenters. The summed E-state index contributed by atoms with van der Waals surface area (Å²) >= 11 is 0. The van der Waals surface area contributed by atoms with Gasteiger partial charge in [0.25, 0.3) is 11.5 Å².